The minimum Gasteiger partial charge on any atom is -0.477 e. The SMILES string of the molecule is Cc1cccc(C)c1CNc1nc(Nc2cnn(C(C)C)c2)ncc1C(=O)O. The van der Waals surface area contributed by atoms with E-state index in [4.69, 9.17) is 0 Å². The van der Waals surface area contributed by atoms with Crippen molar-refractivity contribution in [1.82, 2.24) is 19.7 Å². The molecule has 1 aromatic carbocycles. The number of aromatic nitrogens is 4. The van der Waals surface area contributed by atoms with Gasteiger partial charge >= 0.3 is 5.97 Å². The number of aryl methyl sites for hydroxylation is 2. The number of hydrogen-bond donors (Lipinski definition) is 3. The molecule has 0 amide bonds. The number of rotatable bonds is 7. The van der Waals surface area contributed by atoms with Crippen molar-refractivity contribution < 1.29 is 9.90 Å². The molecule has 28 heavy (non-hydrogen) atoms. The van der Waals surface area contributed by atoms with Gasteiger partial charge in [-0.25, -0.2) is 9.78 Å². The molecule has 0 aliphatic carbocycles. The summed E-state index contributed by atoms with van der Waals surface area (Å²) in [4.78, 5) is 20.0. The number of nitrogens with one attached hydrogen (secondary N) is 2. The van der Waals surface area contributed by atoms with E-state index in [9.17, 15) is 9.90 Å². The quantitative estimate of drug-likeness (QED) is 0.570. The number of carbonyl (C=O) groups is 1. The van der Waals surface area contributed by atoms with Crippen LogP contribution in [0.5, 0.6) is 0 Å². The van der Waals surface area contributed by atoms with Gasteiger partial charge in [-0.3, -0.25) is 4.68 Å². The van der Waals surface area contributed by atoms with Crippen molar-refractivity contribution >= 4 is 23.4 Å². The van der Waals surface area contributed by atoms with Crippen LogP contribution in [0.3, 0.4) is 0 Å². The molecule has 2 aromatic heterocycles. The summed E-state index contributed by atoms with van der Waals surface area (Å²) < 4.78 is 1.81. The zero-order chi connectivity index (χ0) is 20.3. The fraction of sp³-hybridized carbons (Fsp3) is 0.300. The molecule has 0 saturated carbocycles. The maximum absolute atomic E-state index is 11.6. The van der Waals surface area contributed by atoms with Crippen molar-refractivity contribution in [3.8, 4) is 0 Å². The minimum atomic E-state index is -1.08. The lowest BCUT2D eigenvalue weighted by atomic mass is 10.0. The van der Waals surface area contributed by atoms with Crippen molar-refractivity contribution in [1.29, 1.82) is 0 Å². The number of anilines is 3. The van der Waals surface area contributed by atoms with Crippen LogP contribution in [0.1, 0.15) is 46.9 Å². The molecule has 146 valence electrons. The van der Waals surface area contributed by atoms with E-state index in [1.165, 1.54) is 6.20 Å². The van der Waals surface area contributed by atoms with Gasteiger partial charge < -0.3 is 15.7 Å². The minimum absolute atomic E-state index is 0.0228. The van der Waals surface area contributed by atoms with Gasteiger partial charge in [-0.2, -0.15) is 10.1 Å². The van der Waals surface area contributed by atoms with Gasteiger partial charge in [0.2, 0.25) is 5.95 Å². The summed E-state index contributed by atoms with van der Waals surface area (Å²) in [5.41, 5.74) is 4.15. The highest BCUT2D eigenvalue weighted by Gasteiger charge is 2.15. The van der Waals surface area contributed by atoms with E-state index < -0.39 is 5.97 Å². The average Bonchev–Trinajstić information content (AvgIpc) is 3.10. The van der Waals surface area contributed by atoms with Gasteiger partial charge in [-0.15, -0.1) is 0 Å². The third kappa shape index (κ3) is 4.28. The molecule has 0 aliphatic heterocycles. The zero-order valence-corrected chi connectivity index (χ0v) is 16.4. The van der Waals surface area contributed by atoms with Crippen LogP contribution < -0.4 is 10.6 Å². The first-order valence-electron chi connectivity index (χ1n) is 9.05. The van der Waals surface area contributed by atoms with Crippen molar-refractivity contribution in [3.05, 3.63) is 59.0 Å². The van der Waals surface area contributed by atoms with Crippen LogP contribution >= 0.6 is 0 Å². The van der Waals surface area contributed by atoms with E-state index in [1.54, 1.807) is 6.20 Å². The number of carboxylic acid groups (broad SMARTS) is 1. The molecule has 0 radical (unpaired) electrons. The largest absolute Gasteiger partial charge is 0.477 e. The highest BCUT2D eigenvalue weighted by atomic mass is 16.4. The molecule has 2 heterocycles. The van der Waals surface area contributed by atoms with Gasteiger partial charge in [-0.1, -0.05) is 18.2 Å². The second kappa shape index (κ2) is 8.08. The Hall–Kier alpha value is -3.42. The van der Waals surface area contributed by atoms with Crippen LogP contribution in [0, 0.1) is 13.8 Å². The Morgan fingerprint density at radius 3 is 2.54 bits per heavy atom. The van der Waals surface area contributed by atoms with Crippen LogP contribution in [0.4, 0.5) is 17.5 Å². The number of aromatic carboxylic acids is 1. The average molecular weight is 380 g/mol. The third-order valence-electron chi connectivity index (χ3n) is 4.48. The fourth-order valence-corrected chi connectivity index (χ4v) is 2.85. The molecular formula is C20H24N6O2. The van der Waals surface area contributed by atoms with Crippen LogP contribution in [0.15, 0.2) is 36.8 Å². The highest BCUT2D eigenvalue weighted by Crippen LogP contribution is 2.20. The molecule has 3 aromatic rings. The lowest BCUT2D eigenvalue weighted by molar-refractivity contribution is 0.0697. The first-order chi connectivity index (χ1) is 13.3. The Labute approximate surface area is 163 Å². The Kier molecular flexibility index (Phi) is 5.58. The van der Waals surface area contributed by atoms with Gasteiger partial charge in [0.15, 0.2) is 0 Å². The second-order valence-corrected chi connectivity index (χ2v) is 6.91. The van der Waals surface area contributed by atoms with Gasteiger partial charge in [0.05, 0.1) is 11.9 Å². The van der Waals surface area contributed by atoms with Gasteiger partial charge in [-0.05, 0) is 44.4 Å². The van der Waals surface area contributed by atoms with Crippen molar-refractivity contribution in [2.24, 2.45) is 0 Å². The van der Waals surface area contributed by atoms with Crippen molar-refractivity contribution in [2.75, 3.05) is 10.6 Å². The monoisotopic (exact) mass is 380 g/mol. The predicted octanol–water partition coefficient (Wildman–Crippen LogP) is 3.92. The van der Waals surface area contributed by atoms with Gasteiger partial charge in [0.1, 0.15) is 11.4 Å². The summed E-state index contributed by atoms with van der Waals surface area (Å²) in [6, 6.07) is 6.30. The predicted molar refractivity (Wildman–Crippen MR) is 108 cm³/mol. The Balaban J connectivity index is 1.84. The van der Waals surface area contributed by atoms with E-state index in [-0.39, 0.29) is 17.4 Å². The maximum atomic E-state index is 11.6. The van der Waals surface area contributed by atoms with E-state index >= 15 is 0 Å². The molecule has 0 atom stereocenters. The summed E-state index contributed by atoms with van der Waals surface area (Å²) in [7, 11) is 0. The third-order valence-corrected chi connectivity index (χ3v) is 4.48. The lowest BCUT2D eigenvalue weighted by Gasteiger charge is -2.13. The first kappa shape index (κ1) is 19.3. The number of nitrogens with zero attached hydrogens (tertiary/aromatic N) is 4. The van der Waals surface area contributed by atoms with Crippen LogP contribution in [0.25, 0.3) is 0 Å². The standard InChI is InChI=1S/C20H24N6O2/c1-12(2)26-11-15(8-23-26)24-20-22-10-17(19(27)28)18(25-20)21-9-16-13(3)6-5-7-14(16)4/h5-8,10-12H,9H2,1-4H3,(H,27,28)(H2,21,22,24,25). The topological polar surface area (TPSA) is 105 Å². The number of hydrogen-bond acceptors (Lipinski definition) is 6. The maximum Gasteiger partial charge on any atom is 0.341 e. The Morgan fingerprint density at radius 2 is 1.93 bits per heavy atom. The molecule has 0 aliphatic rings. The van der Waals surface area contributed by atoms with Gasteiger partial charge in [0.25, 0.3) is 0 Å². The molecule has 0 bridgehead atoms. The number of carboxylic acids is 1. The molecule has 3 N–H and O–H groups in total. The number of benzene rings is 1. The molecule has 0 fully saturated rings. The smallest absolute Gasteiger partial charge is 0.341 e. The summed E-state index contributed by atoms with van der Waals surface area (Å²) in [6.07, 6.45) is 4.83. The van der Waals surface area contributed by atoms with E-state index in [0.29, 0.717) is 12.5 Å². The lowest BCUT2D eigenvalue weighted by Crippen LogP contribution is -2.12. The molecule has 0 saturated heterocycles. The Bertz CT molecular complexity index is 976. The summed E-state index contributed by atoms with van der Waals surface area (Å²) in [5, 5.41) is 19.9. The van der Waals surface area contributed by atoms with Crippen LogP contribution in [0.2, 0.25) is 0 Å². The van der Waals surface area contributed by atoms with E-state index in [1.807, 2.05) is 56.8 Å². The molecular weight excluding hydrogens is 356 g/mol. The molecule has 8 nitrogen and oxygen atoms in total. The summed E-state index contributed by atoms with van der Waals surface area (Å²) in [6.45, 7) is 8.60. The van der Waals surface area contributed by atoms with Crippen LogP contribution in [-0.2, 0) is 6.54 Å². The Morgan fingerprint density at radius 1 is 1.21 bits per heavy atom. The normalized spacial score (nSPS) is 10.9. The van der Waals surface area contributed by atoms with E-state index in [2.05, 4.69) is 25.7 Å². The van der Waals surface area contributed by atoms with Crippen LogP contribution in [-0.4, -0.2) is 30.8 Å². The van der Waals surface area contributed by atoms with Gasteiger partial charge in [0, 0.05) is 25.0 Å². The van der Waals surface area contributed by atoms with E-state index in [0.717, 1.165) is 22.4 Å². The van der Waals surface area contributed by atoms with Crippen molar-refractivity contribution in [3.63, 3.8) is 0 Å². The first-order valence-corrected chi connectivity index (χ1v) is 9.05. The zero-order valence-electron chi connectivity index (χ0n) is 16.4. The fourth-order valence-electron chi connectivity index (χ4n) is 2.85. The molecule has 3 rings (SSSR count). The molecule has 8 heteroatoms. The molecule has 0 spiro atoms. The highest BCUT2D eigenvalue weighted by molar-refractivity contribution is 5.93. The second-order valence-electron chi connectivity index (χ2n) is 6.91. The summed E-state index contributed by atoms with van der Waals surface area (Å²) in [5.74, 6) is -0.510. The molecule has 0 unspecified atom stereocenters. The summed E-state index contributed by atoms with van der Waals surface area (Å²) >= 11 is 0. The van der Waals surface area contributed by atoms with Crippen molar-refractivity contribution in [2.45, 2.75) is 40.3 Å².